The lowest BCUT2D eigenvalue weighted by Gasteiger charge is -2.23. The molecule has 1 aliphatic rings. The molecular formula is C12H16ClN3O3S. The van der Waals surface area contributed by atoms with Gasteiger partial charge in [0.25, 0.3) is 5.91 Å². The number of carbonyl (C=O) groups excluding carboxylic acids is 1. The molecule has 1 atom stereocenters. The predicted octanol–water partition coefficient (Wildman–Crippen LogP) is 1.08. The molecule has 1 fully saturated rings. The zero-order chi connectivity index (χ0) is 14.8. The summed E-state index contributed by atoms with van der Waals surface area (Å²) in [6.07, 6.45) is 1.21. The number of nitrogens with zero attached hydrogens (tertiary/aromatic N) is 1. The second kappa shape index (κ2) is 5.97. The number of hydrogen-bond donors (Lipinski definition) is 2. The molecule has 1 saturated heterocycles. The van der Waals surface area contributed by atoms with Crippen LogP contribution in [0.1, 0.15) is 23.3 Å². The number of hydrogen-bond acceptors (Lipinski definition) is 5. The number of sulfone groups is 1. The Hall–Kier alpha value is -1.34. The predicted molar refractivity (Wildman–Crippen MR) is 77.9 cm³/mol. The van der Waals surface area contributed by atoms with E-state index < -0.39 is 15.7 Å². The molecule has 0 aliphatic carbocycles. The van der Waals surface area contributed by atoms with Crippen LogP contribution in [0.5, 0.6) is 0 Å². The first-order valence-electron chi connectivity index (χ1n) is 6.27. The van der Waals surface area contributed by atoms with Gasteiger partial charge in [0.1, 0.15) is 11.5 Å². The van der Waals surface area contributed by atoms with E-state index in [1.54, 1.807) is 19.2 Å². The molecule has 2 rings (SSSR count). The van der Waals surface area contributed by atoms with Crippen LogP contribution in [-0.4, -0.2) is 43.9 Å². The Morgan fingerprint density at radius 2 is 2.20 bits per heavy atom. The normalized spacial score (nSPS) is 21.2. The number of nitrogens with one attached hydrogen (secondary N) is 2. The lowest BCUT2D eigenvalue weighted by atomic mass is 10.2. The molecule has 1 aromatic heterocycles. The number of rotatable bonds is 3. The fourth-order valence-corrected chi connectivity index (χ4v) is 3.96. The molecule has 0 bridgehead atoms. The Labute approximate surface area is 122 Å². The number of pyridine rings is 1. The minimum Gasteiger partial charge on any atom is -0.373 e. The van der Waals surface area contributed by atoms with Crippen LogP contribution in [0.4, 0.5) is 5.82 Å². The Kier molecular flexibility index (Phi) is 4.49. The van der Waals surface area contributed by atoms with Gasteiger partial charge in [-0.05, 0) is 25.0 Å². The third-order valence-electron chi connectivity index (χ3n) is 3.12. The molecule has 2 N–H and O–H groups in total. The van der Waals surface area contributed by atoms with Gasteiger partial charge in [-0.3, -0.25) is 4.79 Å². The van der Waals surface area contributed by atoms with E-state index in [9.17, 15) is 13.2 Å². The van der Waals surface area contributed by atoms with Crippen LogP contribution in [0.25, 0.3) is 0 Å². The van der Waals surface area contributed by atoms with Gasteiger partial charge in [0.05, 0.1) is 16.5 Å². The van der Waals surface area contributed by atoms with Crippen LogP contribution in [0.2, 0.25) is 5.02 Å². The van der Waals surface area contributed by atoms with Crippen LogP contribution in [-0.2, 0) is 9.84 Å². The molecule has 2 heterocycles. The van der Waals surface area contributed by atoms with Gasteiger partial charge in [-0.15, -0.1) is 0 Å². The molecular weight excluding hydrogens is 302 g/mol. The summed E-state index contributed by atoms with van der Waals surface area (Å²) >= 11 is 5.95. The lowest BCUT2D eigenvalue weighted by Crippen LogP contribution is -2.43. The Balaban J connectivity index is 2.12. The maximum absolute atomic E-state index is 12.1. The topological polar surface area (TPSA) is 88.2 Å². The van der Waals surface area contributed by atoms with Crippen molar-refractivity contribution in [1.82, 2.24) is 10.3 Å². The third-order valence-corrected chi connectivity index (χ3v) is 5.24. The molecule has 1 unspecified atom stereocenters. The lowest BCUT2D eigenvalue weighted by molar-refractivity contribution is 0.0933. The summed E-state index contributed by atoms with van der Waals surface area (Å²) in [5.41, 5.74) is 0.0986. The first kappa shape index (κ1) is 15.1. The van der Waals surface area contributed by atoms with Gasteiger partial charge in [0, 0.05) is 13.1 Å². The molecule has 6 nitrogen and oxygen atoms in total. The number of halogens is 1. The van der Waals surface area contributed by atoms with E-state index in [-0.39, 0.29) is 28.3 Å². The zero-order valence-corrected chi connectivity index (χ0v) is 12.6. The standard InChI is InChI=1S/C12H16ClN3O3S/c1-14-10-5-4-9(13)11(16-10)12(17)15-8-3-2-6-20(18,19)7-8/h4-5,8H,2-3,6-7H2,1H3,(H,14,16)(H,15,17). The smallest absolute Gasteiger partial charge is 0.271 e. The number of carbonyl (C=O) groups is 1. The largest absolute Gasteiger partial charge is 0.373 e. The van der Waals surface area contributed by atoms with Crippen LogP contribution in [0, 0.1) is 0 Å². The van der Waals surface area contributed by atoms with Crippen LogP contribution >= 0.6 is 11.6 Å². The third kappa shape index (κ3) is 3.61. The second-order valence-corrected chi connectivity index (χ2v) is 7.34. The zero-order valence-electron chi connectivity index (χ0n) is 11.0. The van der Waals surface area contributed by atoms with Crippen LogP contribution in [0.15, 0.2) is 12.1 Å². The summed E-state index contributed by atoms with van der Waals surface area (Å²) in [6, 6.07) is 2.86. The molecule has 1 amide bonds. The van der Waals surface area contributed by atoms with E-state index in [2.05, 4.69) is 15.6 Å². The monoisotopic (exact) mass is 317 g/mol. The maximum Gasteiger partial charge on any atom is 0.271 e. The van der Waals surface area contributed by atoms with Crippen molar-refractivity contribution in [3.8, 4) is 0 Å². The van der Waals surface area contributed by atoms with E-state index >= 15 is 0 Å². The Morgan fingerprint density at radius 1 is 1.45 bits per heavy atom. The number of amides is 1. The summed E-state index contributed by atoms with van der Waals surface area (Å²) in [5, 5.41) is 5.75. The van der Waals surface area contributed by atoms with Crippen molar-refractivity contribution in [3.05, 3.63) is 22.8 Å². The summed E-state index contributed by atoms with van der Waals surface area (Å²) in [7, 11) is -1.38. The Morgan fingerprint density at radius 3 is 2.85 bits per heavy atom. The molecule has 0 aromatic carbocycles. The molecule has 8 heteroatoms. The minimum absolute atomic E-state index is 0.0257. The highest BCUT2D eigenvalue weighted by Crippen LogP contribution is 2.18. The van der Waals surface area contributed by atoms with Gasteiger partial charge < -0.3 is 10.6 Å². The van der Waals surface area contributed by atoms with Gasteiger partial charge in [0.15, 0.2) is 9.84 Å². The average molecular weight is 318 g/mol. The first-order chi connectivity index (χ1) is 9.41. The van der Waals surface area contributed by atoms with Gasteiger partial charge in [-0.2, -0.15) is 0 Å². The molecule has 1 aliphatic heterocycles. The van der Waals surface area contributed by atoms with E-state index in [1.807, 2.05) is 0 Å². The summed E-state index contributed by atoms with van der Waals surface area (Å²) in [4.78, 5) is 16.2. The number of anilines is 1. The van der Waals surface area contributed by atoms with Crippen molar-refractivity contribution in [1.29, 1.82) is 0 Å². The quantitative estimate of drug-likeness (QED) is 0.871. The fourth-order valence-electron chi connectivity index (χ4n) is 2.13. The maximum atomic E-state index is 12.1. The Bertz CT molecular complexity index is 618. The van der Waals surface area contributed by atoms with Gasteiger partial charge in [-0.1, -0.05) is 11.6 Å². The van der Waals surface area contributed by atoms with Crippen molar-refractivity contribution >= 4 is 33.2 Å². The molecule has 0 spiro atoms. The molecule has 0 saturated carbocycles. The van der Waals surface area contributed by atoms with Crippen molar-refractivity contribution in [2.24, 2.45) is 0 Å². The van der Waals surface area contributed by atoms with Crippen LogP contribution < -0.4 is 10.6 Å². The SMILES string of the molecule is CNc1ccc(Cl)c(C(=O)NC2CCCS(=O)(=O)C2)n1. The molecule has 0 radical (unpaired) electrons. The van der Waals surface area contributed by atoms with E-state index in [1.165, 1.54) is 0 Å². The summed E-state index contributed by atoms with van der Waals surface area (Å²) < 4.78 is 23.1. The minimum atomic E-state index is -3.06. The average Bonchev–Trinajstić information content (AvgIpc) is 2.38. The highest BCUT2D eigenvalue weighted by atomic mass is 35.5. The van der Waals surface area contributed by atoms with Gasteiger partial charge >= 0.3 is 0 Å². The molecule has 1 aromatic rings. The highest BCUT2D eigenvalue weighted by molar-refractivity contribution is 7.91. The summed E-state index contributed by atoms with van der Waals surface area (Å²) in [6.45, 7) is 0. The summed E-state index contributed by atoms with van der Waals surface area (Å²) in [5.74, 6) is 0.236. The second-order valence-electron chi connectivity index (χ2n) is 4.70. The van der Waals surface area contributed by atoms with Gasteiger partial charge in [-0.25, -0.2) is 13.4 Å². The van der Waals surface area contributed by atoms with E-state index in [0.717, 1.165) is 0 Å². The van der Waals surface area contributed by atoms with Crippen molar-refractivity contribution in [2.45, 2.75) is 18.9 Å². The van der Waals surface area contributed by atoms with Crippen molar-refractivity contribution in [2.75, 3.05) is 23.9 Å². The first-order valence-corrected chi connectivity index (χ1v) is 8.47. The van der Waals surface area contributed by atoms with E-state index in [0.29, 0.717) is 18.7 Å². The highest BCUT2D eigenvalue weighted by Gasteiger charge is 2.27. The fraction of sp³-hybridized carbons (Fsp3) is 0.500. The van der Waals surface area contributed by atoms with Crippen LogP contribution in [0.3, 0.4) is 0 Å². The van der Waals surface area contributed by atoms with Gasteiger partial charge in [0.2, 0.25) is 0 Å². The number of aromatic nitrogens is 1. The van der Waals surface area contributed by atoms with Crippen molar-refractivity contribution in [3.63, 3.8) is 0 Å². The molecule has 20 heavy (non-hydrogen) atoms. The van der Waals surface area contributed by atoms with E-state index in [4.69, 9.17) is 11.6 Å². The van der Waals surface area contributed by atoms with Crippen molar-refractivity contribution < 1.29 is 13.2 Å². The molecule has 110 valence electrons.